The normalized spacial score (nSPS) is 27.2. The monoisotopic (exact) mass is 560 g/mol. The topological polar surface area (TPSA) is 84.4 Å². The van der Waals surface area contributed by atoms with E-state index in [0.717, 1.165) is 41.6 Å². The van der Waals surface area contributed by atoms with Crippen molar-refractivity contribution in [3.63, 3.8) is 0 Å². The Labute approximate surface area is 240 Å². The molecule has 1 atom stereocenters. The van der Waals surface area contributed by atoms with E-state index in [9.17, 15) is 8.42 Å². The number of rotatable bonds is 4. The number of ether oxygens (including phenoxy) is 1. The number of fused-ring (bicyclic) bond motifs is 4. The lowest BCUT2D eigenvalue weighted by atomic mass is 9.75. The van der Waals surface area contributed by atoms with Gasteiger partial charge in [-0.1, -0.05) is 50.8 Å². The van der Waals surface area contributed by atoms with Gasteiger partial charge in [0.25, 0.3) is 10.0 Å². The Bertz CT molecular complexity index is 1650. The standard InChI is InChI=1S/C32H38N4O3S/c1-20(2)14-25-19-39-29-16-28(30-21(3)8-6-9-22(30)4)33-31(34-29)35-40(37,38)27-11-7-10-24(15-27)23(5)36(25)26-17-32(18-26)12-13-32/h6-11,15-16,20,25-26H,5,12-14,17-19H2,1-4H3,(H,33,34,35)/t25-/m1/s1/i12D2/t25-,26?,32?. The predicted octanol–water partition coefficient (Wildman–Crippen LogP) is 6.58. The Kier molecular flexibility index (Phi) is 6.05. The van der Waals surface area contributed by atoms with Gasteiger partial charge in [0.05, 0.1) is 16.6 Å². The van der Waals surface area contributed by atoms with E-state index < -0.39 is 16.4 Å². The molecule has 1 aliphatic heterocycles. The Morgan fingerprint density at radius 3 is 2.52 bits per heavy atom. The summed E-state index contributed by atoms with van der Waals surface area (Å²) in [4.78, 5) is 11.5. The van der Waals surface area contributed by atoms with E-state index in [2.05, 4.69) is 40.0 Å². The molecule has 40 heavy (non-hydrogen) atoms. The zero-order valence-corrected chi connectivity index (χ0v) is 24.4. The zero-order valence-electron chi connectivity index (χ0n) is 25.6. The number of nitrogens with zero attached hydrogens (tertiary/aromatic N) is 3. The van der Waals surface area contributed by atoms with Gasteiger partial charge in [-0.15, -0.1) is 0 Å². The van der Waals surface area contributed by atoms with Crippen LogP contribution in [0.5, 0.6) is 5.88 Å². The minimum absolute atomic E-state index is 0.0530. The second kappa shape index (κ2) is 9.91. The SMILES string of the molecule is [2H]C1([2H])CC12CC(N1C(=C)c3cccc(c3)S(=O)(=O)Nc3nc(cc(-c4c(C)cccc4C)n3)OC[C@H]1CC(C)C)C2. The Hall–Kier alpha value is -3.39. The van der Waals surface area contributed by atoms with Crippen LogP contribution in [0.15, 0.2) is 60.0 Å². The van der Waals surface area contributed by atoms with E-state index in [0.29, 0.717) is 30.2 Å². The molecule has 7 nitrogen and oxygen atoms in total. The minimum atomic E-state index is -4.03. The number of nitrogens with one attached hydrogen (secondary N) is 1. The predicted molar refractivity (Wildman–Crippen MR) is 158 cm³/mol. The number of sulfonamides is 1. The third-order valence-corrected chi connectivity index (χ3v) is 9.66. The number of hydrogen-bond acceptors (Lipinski definition) is 6. The average Bonchev–Trinajstić information content (AvgIpc) is 3.48. The molecule has 3 aromatic rings. The molecule has 3 aliphatic rings. The molecule has 6 rings (SSSR count). The molecule has 210 valence electrons. The molecule has 8 heteroatoms. The summed E-state index contributed by atoms with van der Waals surface area (Å²) in [6.07, 6.45) is 1.75. The quantitative estimate of drug-likeness (QED) is 0.388. The first-order valence-corrected chi connectivity index (χ1v) is 15.5. The zero-order chi connectivity index (χ0) is 30.0. The van der Waals surface area contributed by atoms with Crippen LogP contribution in [0.2, 0.25) is 0 Å². The van der Waals surface area contributed by atoms with Gasteiger partial charge < -0.3 is 9.64 Å². The molecule has 2 aliphatic carbocycles. The molecule has 1 spiro atoms. The Morgan fingerprint density at radius 2 is 1.85 bits per heavy atom. The molecule has 0 amide bonds. The van der Waals surface area contributed by atoms with Crippen molar-refractivity contribution in [3.8, 4) is 17.1 Å². The summed E-state index contributed by atoms with van der Waals surface area (Å²) < 4.78 is 52.8. The van der Waals surface area contributed by atoms with Crippen molar-refractivity contribution in [3.05, 3.63) is 71.8 Å². The smallest absolute Gasteiger partial charge is 0.264 e. The fourth-order valence-corrected chi connectivity index (χ4v) is 7.23. The molecule has 0 unspecified atom stereocenters. The van der Waals surface area contributed by atoms with Gasteiger partial charge >= 0.3 is 0 Å². The molecule has 2 fully saturated rings. The van der Waals surface area contributed by atoms with Gasteiger partial charge in [0, 0.05) is 26.1 Å². The van der Waals surface area contributed by atoms with Crippen molar-refractivity contribution in [1.29, 1.82) is 0 Å². The van der Waals surface area contributed by atoms with E-state index in [1.165, 1.54) is 0 Å². The lowest BCUT2D eigenvalue weighted by molar-refractivity contribution is 0.0515. The minimum Gasteiger partial charge on any atom is -0.475 e. The maximum atomic E-state index is 13.6. The summed E-state index contributed by atoms with van der Waals surface area (Å²) in [6.45, 7) is 13.1. The third-order valence-electron chi connectivity index (χ3n) is 8.34. The van der Waals surface area contributed by atoms with Crippen molar-refractivity contribution in [2.45, 2.75) is 76.7 Å². The maximum absolute atomic E-state index is 13.6. The highest BCUT2D eigenvalue weighted by Gasteiger charge is 2.55. The summed E-state index contributed by atoms with van der Waals surface area (Å²) in [7, 11) is -4.03. The average molecular weight is 561 g/mol. The number of aryl methyl sites for hydroxylation is 2. The molecule has 2 heterocycles. The van der Waals surface area contributed by atoms with Gasteiger partial charge in [-0.3, -0.25) is 0 Å². The second-order valence-electron chi connectivity index (χ2n) is 12.0. The molecule has 2 saturated carbocycles. The first kappa shape index (κ1) is 24.4. The first-order chi connectivity index (χ1) is 19.8. The van der Waals surface area contributed by atoms with Gasteiger partial charge in [0.15, 0.2) is 0 Å². The lowest BCUT2D eigenvalue weighted by Crippen LogP contribution is -2.51. The fourth-order valence-electron chi connectivity index (χ4n) is 6.24. The molecule has 4 bridgehead atoms. The van der Waals surface area contributed by atoms with Gasteiger partial charge in [-0.25, -0.2) is 18.1 Å². The fraction of sp³-hybridized carbons (Fsp3) is 0.438. The summed E-state index contributed by atoms with van der Waals surface area (Å²) in [5, 5.41) is 0. The molecule has 1 aromatic heterocycles. The first-order valence-electron chi connectivity index (χ1n) is 15.0. The van der Waals surface area contributed by atoms with Crippen molar-refractivity contribution in [2.24, 2.45) is 11.3 Å². The second-order valence-corrected chi connectivity index (χ2v) is 13.6. The molecular weight excluding hydrogens is 520 g/mol. The van der Waals surface area contributed by atoms with E-state index in [1.807, 2.05) is 38.1 Å². The molecule has 1 N–H and O–H groups in total. The third kappa shape index (κ3) is 5.09. The van der Waals surface area contributed by atoms with Crippen LogP contribution in [0, 0.1) is 25.2 Å². The number of aromatic nitrogens is 2. The van der Waals surface area contributed by atoms with Gasteiger partial charge in [0.1, 0.15) is 6.61 Å². The lowest BCUT2D eigenvalue weighted by Gasteiger charge is -2.49. The number of anilines is 1. The Morgan fingerprint density at radius 1 is 1.15 bits per heavy atom. The summed E-state index contributed by atoms with van der Waals surface area (Å²) in [6, 6.07) is 14.5. The number of hydrogen-bond donors (Lipinski definition) is 1. The van der Waals surface area contributed by atoms with Crippen LogP contribution in [0.1, 0.15) is 65.3 Å². The van der Waals surface area contributed by atoms with Gasteiger partial charge in [-0.05, 0) is 86.1 Å². The highest BCUT2D eigenvalue weighted by atomic mass is 32.2. The van der Waals surface area contributed by atoms with E-state index >= 15 is 0 Å². The van der Waals surface area contributed by atoms with E-state index in [-0.39, 0.29) is 34.2 Å². The van der Waals surface area contributed by atoms with Crippen LogP contribution in [0.25, 0.3) is 17.0 Å². The molecule has 0 radical (unpaired) electrons. The van der Waals surface area contributed by atoms with Crippen LogP contribution < -0.4 is 9.46 Å². The maximum Gasteiger partial charge on any atom is 0.264 e. The summed E-state index contributed by atoms with van der Waals surface area (Å²) in [5.74, 6) is 0.586. The van der Waals surface area contributed by atoms with Crippen molar-refractivity contribution >= 4 is 21.7 Å². The van der Waals surface area contributed by atoms with Crippen LogP contribution >= 0.6 is 0 Å². The molecular formula is C32H38N4O3S. The molecule has 2 aromatic carbocycles. The van der Waals surface area contributed by atoms with Crippen LogP contribution in [0.4, 0.5) is 5.95 Å². The molecule has 0 saturated heterocycles. The van der Waals surface area contributed by atoms with Gasteiger partial charge in [-0.2, -0.15) is 4.98 Å². The largest absolute Gasteiger partial charge is 0.475 e. The van der Waals surface area contributed by atoms with Crippen LogP contribution in [-0.2, 0) is 10.0 Å². The highest BCUT2D eigenvalue weighted by Crippen LogP contribution is 2.62. The van der Waals surface area contributed by atoms with Gasteiger partial charge in [0.2, 0.25) is 11.8 Å². The van der Waals surface area contributed by atoms with Crippen LogP contribution in [0.3, 0.4) is 0 Å². The summed E-state index contributed by atoms with van der Waals surface area (Å²) >= 11 is 0. The van der Waals surface area contributed by atoms with Crippen molar-refractivity contribution in [1.82, 2.24) is 14.9 Å². The van der Waals surface area contributed by atoms with E-state index in [1.54, 1.807) is 24.3 Å². The van der Waals surface area contributed by atoms with Crippen molar-refractivity contribution in [2.75, 3.05) is 11.3 Å². The van der Waals surface area contributed by atoms with Crippen molar-refractivity contribution < 1.29 is 15.9 Å². The van der Waals surface area contributed by atoms with E-state index in [4.69, 9.17) is 7.48 Å². The van der Waals surface area contributed by atoms with Crippen LogP contribution in [-0.4, -0.2) is 42.0 Å². The summed E-state index contributed by atoms with van der Waals surface area (Å²) in [5.41, 5.74) is 4.67. The number of benzene rings is 2. The highest BCUT2D eigenvalue weighted by molar-refractivity contribution is 7.92. The Balaban J connectivity index is 1.47.